The smallest absolute Gasteiger partial charge is 0.253 e. The number of hydrogen-bond acceptors (Lipinski definition) is 5. The number of hydrogen-bond donors (Lipinski definition) is 2. The molecule has 0 rings (SSSR count). The molecule has 1 unspecified atom stereocenters. The van der Waals surface area contributed by atoms with Gasteiger partial charge in [-0.3, -0.25) is 19.9 Å². The zero-order valence-corrected chi connectivity index (χ0v) is 10.9. The topological polar surface area (TPSA) is 87.9 Å². The van der Waals surface area contributed by atoms with Crippen LogP contribution in [0.2, 0.25) is 0 Å². The first-order valence-corrected chi connectivity index (χ1v) is 5.41. The molecule has 0 heterocycles. The molecule has 0 spiro atoms. The number of carbonyl (C=O) groups is 2. The third kappa shape index (κ3) is 5.12. The summed E-state index contributed by atoms with van der Waals surface area (Å²) in [5.74, 6) is 4.68. The molecule has 2 amide bonds. The first-order valence-electron chi connectivity index (χ1n) is 5.41. The largest absolute Gasteiger partial charge is 0.383 e. The molecule has 7 nitrogen and oxygen atoms in total. The van der Waals surface area contributed by atoms with Gasteiger partial charge in [0.2, 0.25) is 5.91 Å². The lowest BCUT2D eigenvalue weighted by atomic mass is 10.2. The summed E-state index contributed by atoms with van der Waals surface area (Å²) < 4.78 is 4.97. The molecule has 100 valence electrons. The van der Waals surface area contributed by atoms with Gasteiger partial charge in [-0.15, -0.1) is 0 Å². The van der Waals surface area contributed by atoms with Crippen LogP contribution in [-0.4, -0.2) is 68.6 Å². The van der Waals surface area contributed by atoms with E-state index in [0.29, 0.717) is 6.54 Å². The summed E-state index contributed by atoms with van der Waals surface area (Å²) in [5, 5.41) is 0. The zero-order chi connectivity index (χ0) is 13.4. The quantitative estimate of drug-likeness (QED) is 0.321. The van der Waals surface area contributed by atoms with E-state index in [1.807, 2.05) is 6.92 Å². The Morgan fingerprint density at radius 1 is 1.41 bits per heavy atom. The standard InChI is InChI=1S/C10H22N4O3/c1-5-14(6-9(15)13(2)3)8(7-17-4)10(16)12-11/h8H,5-7,11H2,1-4H3,(H,12,16). The molecular weight excluding hydrogens is 224 g/mol. The van der Waals surface area contributed by atoms with Crippen molar-refractivity contribution in [1.29, 1.82) is 0 Å². The number of amides is 2. The van der Waals surface area contributed by atoms with E-state index in [-0.39, 0.29) is 25.0 Å². The van der Waals surface area contributed by atoms with E-state index < -0.39 is 6.04 Å². The molecule has 0 bridgehead atoms. The van der Waals surface area contributed by atoms with Crippen LogP contribution in [-0.2, 0) is 14.3 Å². The highest BCUT2D eigenvalue weighted by molar-refractivity contribution is 5.83. The average Bonchev–Trinajstić information content (AvgIpc) is 2.32. The second-order valence-corrected chi connectivity index (χ2v) is 3.83. The van der Waals surface area contributed by atoms with Crippen molar-refractivity contribution in [3.63, 3.8) is 0 Å². The molecule has 0 saturated heterocycles. The van der Waals surface area contributed by atoms with Gasteiger partial charge in [-0.05, 0) is 6.54 Å². The van der Waals surface area contributed by atoms with E-state index in [0.717, 1.165) is 0 Å². The number of nitrogens with two attached hydrogens (primary N) is 1. The molecular formula is C10H22N4O3. The number of rotatable bonds is 7. The van der Waals surface area contributed by atoms with Gasteiger partial charge in [-0.2, -0.15) is 0 Å². The fraction of sp³-hybridized carbons (Fsp3) is 0.800. The zero-order valence-electron chi connectivity index (χ0n) is 10.9. The lowest BCUT2D eigenvalue weighted by molar-refractivity contribution is -0.134. The number of likely N-dealkylation sites (N-methyl/N-ethyl adjacent to an activating group) is 2. The monoisotopic (exact) mass is 246 g/mol. The molecule has 0 radical (unpaired) electrons. The van der Waals surface area contributed by atoms with Gasteiger partial charge in [0.25, 0.3) is 5.91 Å². The van der Waals surface area contributed by atoms with E-state index >= 15 is 0 Å². The van der Waals surface area contributed by atoms with Gasteiger partial charge < -0.3 is 9.64 Å². The van der Waals surface area contributed by atoms with Gasteiger partial charge in [0.15, 0.2) is 0 Å². The Bertz CT molecular complexity index is 258. The van der Waals surface area contributed by atoms with Gasteiger partial charge in [0.1, 0.15) is 6.04 Å². The molecule has 1 atom stereocenters. The molecule has 0 aromatic carbocycles. The number of hydrazine groups is 1. The summed E-state index contributed by atoms with van der Waals surface area (Å²) in [6.07, 6.45) is 0. The van der Waals surface area contributed by atoms with Crippen LogP contribution in [0.3, 0.4) is 0 Å². The van der Waals surface area contributed by atoms with E-state index in [2.05, 4.69) is 5.43 Å². The van der Waals surface area contributed by atoms with Gasteiger partial charge in [0.05, 0.1) is 13.2 Å². The van der Waals surface area contributed by atoms with Gasteiger partial charge in [-0.1, -0.05) is 6.92 Å². The molecule has 0 fully saturated rings. The summed E-state index contributed by atoms with van der Waals surface area (Å²) in [7, 11) is 4.84. The van der Waals surface area contributed by atoms with Gasteiger partial charge in [0, 0.05) is 21.2 Å². The number of methoxy groups -OCH3 is 1. The number of nitrogens with zero attached hydrogens (tertiary/aromatic N) is 2. The van der Waals surface area contributed by atoms with Gasteiger partial charge >= 0.3 is 0 Å². The van der Waals surface area contributed by atoms with Crippen molar-refractivity contribution in [1.82, 2.24) is 15.2 Å². The first-order chi connectivity index (χ1) is 7.97. The first kappa shape index (κ1) is 15.8. The minimum absolute atomic E-state index is 0.0715. The summed E-state index contributed by atoms with van der Waals surface area (Å²) in [6.45, 7) is 2.78. The fourth-order valence-corrected chi connectivity index (χ4v) is 1.36. The maximum atomic E-state index is 11.6. The molecule has 0 aliphatic heterocycles. The molecule has 0 aromatic heterocycles. The second kappa shape index (κ2) is 7.99. The molecule has 7 heteroatoms. The van der Waals surface area contributed by atoms with E-state index in [9.17, 15) is 9.59 Å². The maximum absolute atomic E-state index is 11.6. The van der Waals surface area contributed by atoms with E-state index in [4.69, 9.17) is 10.6 Å². The normalized spacial score (nSPS) is 12.4. The Hall–Kier alpha value is -1.18. The number of nitrogens with one attached hydrogen (secondary N) is 1. The van der Waals surface area contributed by atoms with Crippen molar-refractivity contribution >= 4 is 11.8 Å². The van der Waals surface area contributed by atoms with Crippen molar-refractivity contribution in [2.75, 3.05) is 40.9 Å². The third-order valence-electron chi connectivity index (χ3n) is 2.45. The predicted octanol–water partition coefficient (Wildman–Crippen LogP) is -1.60. The highest BCUT2D eigenvalue weighted by Gasteiger charge is 2.26. The summed E-state index contributed by atoms with van der Waals surface area (Å²) in [6, 6.07) is -0.557. The lowest BCUT2D eigenvalue weighted by Gasteiger charge is -2.28. The van der Waals surface area contributed by atoms with Crippen LogP contribution in [0.25, 0.3) is 0 Å². The molecule has 0 aromatic rings. The minimum Gasteiger partial charge on any atom is -0.383 e. The van der Waals surface area contributed by atoms with Crippen molar-refractivity contribution in [3.05, 3.63) is 0 Å². The fourth-order valence-electron chi connectivity index (χ4n) is 1.36. The molecule has 3 N–H and O–H groups in total. The summed E-state index contributed by atoms with van der Waals surface area (Å²) in [4.78, 5) is 26.4. The predicted molar refractivity (Wildman–Crippen MR) is 63.9 cm³/mol. The highest BCUT2D eigenvalue weighted by Crippen LogP contribution is 2.01. The summed E-state index contributed by atoms with van der Waals surface area (Å²) in [5.41, 5.74) is 2.08. The summed E-state index contributed by atoms with van der Waals surface area (Å²) >= 11 is 0. The van der Waals surface area contributed by atoms with Crippen molar-refractivity contribution < 1.29 is 14.3 Å². The molecule has 0 aliphatic carbocycles. The van der Waals surface area contributed by atoms with Crippen LogP contribution in [0.4, 0.5) is 0 Å². The number of carbonyl (C=O) groups excluding carboxylic acids is 2. The van der Waals surface area contributed by atoms with Crippen LogP contribution in [0.1, 0.15) is 6.92 Å². The Morgan fingerprint density at radius 2 is 2.00 bits per heavy atom. The minimum atomic E-state index is -0.557. The van der Waals surface area contributed by atoms with Crippen LogP contribution >= 0.6 is 0 Å². The highest BCUT2D eigenvalue weighted by atomic mass is 16.5. The average molecular weight is 246 g/mol. The Balaban J connectivity index is 4.66. The molecule has 0 saturated carbocycles. The number of ether oxygens (including phenoxy) is 1. The van der Waals surface area contributed by atoms with E-state index in [1.54, 1.807) is 19.0 Å². The second-order valence-electron chi connectivity index (χ2n) is 3.83. The molecule has 17 heavy (non-hydrogen) atoms. The van der Waals surface area contributed by atoms with Crippen LogP contribution in [0, 0.1) is 0 Å². The SMILES string of the molecule is CCN(CC(=O)N(C)C)C(COC)C(=O)NN. The van der Waals surface area contributed by atoms with Gasteiger partial charge in [-0.25, -0.2) is 5.84 Å². The van der Waals surface area contributed by atoms with Crippen molar-refractivity contribution in [2.24, 2.45) is 5.84 Å². The molecule has 0 aliphatic rings. The lowest BCUT2D eigenvalue weighted by Crippen LogP contribution is -2.53. The maximum Gasteiger partial charge on any atom is 0.253 e. The van der Waals surface area contributed by atoms with Crippen LogP contribution < -0.4 is 11.3 Å². The Labute approximate surface area is 102 Å². The van der Waals surface area contributed by atoms with Crippen LogP contribution in [0.15, 0.2) is 0 Å². The third-order valence-corrected chi connectivity index (χ3v) is 2.45. The van der Waals surface area contributed by atoms with E-state index in [1.165, 1.54) is 12.0 Å². The van der Waals surface area contributed by atoms with Crippen LogP contribution in [0.5, 0.6) is 0 Å². The Kier molecular flexibility index (Phi) is 7.44. The Morgan fingerprint density at radius 3 is 2.35 bits per heavy atom. The van der Waals surface area contributed by atoms with Crippen molar-refractivity contribution in [3.8, 4) is 0 Å². The van der Waals surface area contributed by atoms with Crippen molar-refractivity contribution in [2.45, 2.75) is 13.0 Å².